The molecule has 0 fully saturated rings. The monoisotopic (exact) mass is 229 g/mol. The van der Waals surface area contributed by atoms with E-state index in [0.29, 0.717) is 6.04 Å². The first kappa shape index (κ1) is 15.9. The maximum absolute atomic E-state index is 6.32. The highest BCUT2D eigenvalue weighted by molar-refractivity contribution is 4.84. The van der Waals surface area contributed by atoms with Crippen LogP contribution in [0.3, 0.4) is 0 Å². The van der Waals surface area contributed by atoms with E-state index in [9.17, 15) is 0 Å². The minimum Gasteiger partial charge on any atom is -0.324 e. The average Bonchev–Trinajstić information content (AvgIpc) is 2.12. The highest BCUT2D eigenvalue weighted by atomic mass is 15.2. The minimum absolute atomic E-state index is 0.0503. The standard InChI is InChI=1S/C13H31N3/c1-7-9-13(4,14)11-16(8-2)12(3)10-15(5)6/h12H,7-11,14H2,1-6H3. The Labute approximate surface area is 102 Å². The van der Waals surface area contributed by atoms with Gasteiger partial charge < -0.3 is 10.6 Å². The lowest BCUT2D eigenvalue weighted by molar-refractivity contribution is 0.145. The Morgan fingerprint density at radius 3 is 2.19 bits per heavy atom. The van der Waals surface area contributed by atoms with Crippen LogP contribution in [-0.4, -0.2) is 55.1 Å². The van der Waals surface area contributed by atoms with E-state index < -0.39 is 0 Å². The molecule has 0 aliphatic carbocycles. The number of hydrogen-bond donors (Lipinski definition) is 1. The maximum Gasteiger partial charge on any atom is 0.0254 e. The molecule has 0 aliphatic heterocycles. The number of hydrogen-bond acceptors (Lipinski definition) is 3. The predicted molar refractivity (Wildman–Crippen MR) is 72.8 cm³/mol. The summed E-state index contributed by atoms with van der Waals surface area (Å²) in [6.45, 7) is 12.0. The molecular weight excluding hydrogens is 198 g/mol. The van der Waals surface area contributed by atoms with E-state index in [0.717, 1.165) is 32.5 Å². The Morgan fingerprint density at radius 2 is 1.81 bits per heavy atom. The van der Waals surface area contributed by atoms with Crippen LogP contribution in [0.1, 0.15) is 40.5 Å². The SMILES string of the molecule is CCCC(C)(N)CN(CC)C(C)CN(C)C. The lowest BCUT2D eigenvalue weighted by Gasteiger charge is -2.36. The summed E-state index contributed by atoms with van der Waals surface area (Å²) in [4.78, 5) is 4.72. The van der Waals surface area contributed by atoms with Gasteiger partial charge in [-0.3, -0.25) is 4.90 Å². The van der Waals surface area contributed by atoms with Crippen LogP contribution in [0.15, 0.2) is 0 Å². The van der Waals surface area contributed by atoms with Crippen LogP contribution in [0.2, 0.25) is 0 Å². The molecule has 2 atom stereocenters. The van der Waals surface area contributed by atoms with Crippen LogP contribution in [0, 0.1) is 0 Å². The zero-order chi connectivity index (χ0) is 12.8. The van der Waals surface area contributed by atoms with Gasteiger partial charge in [0.15, 0.2) is 0 Å². The third-order valence-electron chi connectivity index (χ3n) is 3.04. The number of nitrogens with zero attached hydrogens (tertiary/aromatic N) is 2. The summed E-state index contributed by atoms with van der Waals surface area (Å²) in [6.07, 6.45) is 2.25. The Kier molecular flexibility index (Phi) is 7.20. The fourth-order valence-corrected chi connectivity index (χ4v) is 2.34. The fraction of sp³-hybridized carbons (Fsp3) is 1.00. The Bertz CT molecular complexity index is 178. The van der Waals surface area contributed by atoms with Crippen molar-refractivity contribution in [1.29, 1.82) is 0 Å². The number of likely N-dealkylation sites (N-methyl/N-ethyl adjacent to an activating group) is 2. The normalized spacial score (nSPS) is 17.8. The third kappa shape index (κ3) is 6.46. The van der Waals surface area contributed by atoms with E-state index in [1.165, 1.54) is 0 Å². The molecule has 0 aliphatic rings. The van der Waals surface area contributed by atoms with E-state index in [-0.39, 0.29) is 5.54 Å². The van der Waals surface area contributed by atoms with E-state index in [4.69, 9.17) is 5.73 Å². The molecule has 0 rings (SSSR count). The van der Waals surface area contributed by atoms with Gasteiger partial charge in [-0.15, -0.1) is 0 Å². The summed E-state index contributed by atoms with van der Waals surface area (Å²) in [5.74, 6) is 0. The molecule has 0 spiro atoms. The van der Waals surface area contributed by atoms with Gasteiger partial charge in [-0.2, -0.15) is 0 Å². The molecule has 0 amide bonds. The van der Waals surface area contributed by atoms with Crippen molar-refractivity contribution in [2.24, 2.45) is 5.73 Å². The van der Waals surface area contributed by atoms with Crippen molar-refractivity contribution in [1.82, 2.24) is 9.80 Å². The van der Waals surface area contributed by atoms with Gasteiger partial charge in [0.25, 0.3) is 0 Å². The largest absolute Gasteiger partial charge is 0.324 e. The second kappa shape index (κ2) is 7.25. The molecule has 16 heavy (non-hydrogen) atoms. The summed E-state index contributed by atoms with van der Waals surface area (Å²) in [5, 5.41) is 0. The quantitative estimate of drug-likeness (QED) is 0.688. The highest BCUT2D eigenvalue weighted by Crippen LogP contribution is 2.13. The van der Waals surface area contributed by atoms with Gasteiger partial charge in [-0.05, 0) is 40.9 Å². The van der Waals surface area contributed by atoms with Crippen molar-refractivity contribution in [3.8, 4) is 0 Å². The van der Waals surface area contributed by atoms with Gasteiger partial charge in [-0.25, -0.2) is 0 Å². The molecule has 0 saturated heterocycles. The lowest BCUT2D eigenvalue weighted by atomic mass is 9.96. The van der Waals surface area contributed by atoms with Crippen molar-refractivity contribution >= 4 is 0 Å². The predicted octanol–water partition coefficient (Wildman–Crippen LogP) is 1.78. The summed E-state index contributed by atoms with van der Waals surface area (Å²) in [5.41, 5.74) is 6.27. The van der Waals surface area contributed by atoms with Gasteiger partial charge in [0.2, 0.25) is 0 Å². The molecule has 0 aromatic rings. The van der Waals surface area contributed by atoms with Gasteiger partial charge in [0.05, 0.1) is 0 Å². The van der Waals surface area contributed by atoms with Gasteiger partial charge >= 0.3 is 0 Å². The molecule has 3 heteroatoms. The molecule has 0 heterocycles. The van der Waals surface area contributed by atoms with Gasteiger partial charge in [0.1, 0.15) is 0 Å². The first-order valence-corrected chi connectivity index (χ1v) is 6.50. The fourth-order valence-electron chi connectivity index (χ4n) is 2.34. The maximum atomic E-state index is 6.32. The second-order valence-corrected chi connectivity index (χ2v) is 5.58. The minimum atomic E-state index is -0.0503. The molecule has 2 N–H and O–H groups in total. The molecule has 0 aromatic heterocycles. The molecule has 3 nitrogen and oxygen atoms in total. The first-order valence-electron chi connectivity index (χ1n) is 6.50. The Morgan fingerprint density at radius 1 is 1.25 bits per heavy atom. The first-order chi connectivity index (χ1) is 7.32. The van der Waals surface area contributed by atoms with E-state index in [2.05, 4.69) is 51.6 Å². The number of nitrogens with two attached hydrogens (primary N) is 1. The summed E-state index contributed by atoms with van der Waals surface area (Å²) in [6, 6.07) is 0.569. The summed E-state index contributed by atoms with van der Waals surface area (Å²) >= 11 is 0. The zero-order valence-corrected chi connectivity index (χ0v) is 12.1. The van der Waals surface area contributed by atoms with Crippen molar-refractivity contribution in [3.63, 3.8) is 0 Å². The third-order valence-corrected chi connectivity index (χ3v) is 3.04. The van der Waals surface area contributed by atoms with Gasteiger partial charge in [0, 0.05) is 24.7 Å². The zero-order valence-electron chi connectivity index (χ0n) is 12.1. The van der Waals surface area contributed by atoms with E-state index in [1.807, 2.05) is 0 Å². The summed E-state index contributed by atoms with van der Waals surface area (Å²) in [7, 11) is 4.25. The Hall–Kier alpha value is -0.120. The van der Waals surface area contributed by atoms with Crippen molar-refractivity contribution < 1.29 is 0 Å². The van der Waals surface area contributed by atoms with Crippen LogP contribution >= 0.6 is 0 Å². The number of rotatable bonds is 8. The van der Waals surface area contributed by atoms with Crippen LogP contribution in [-0.2, 0) is 0 Å². The van der Waals surface area contributed by atoms with Crippen molar-refractivity contribution in [3.05, 3.63) is 0 Å². The molecule has 2 unspecified atom stereocenters. The highest BCUT2D eigenvalue weighted by Gasteiger charge is 2.23. The van der Waals surface area contributed by atoms with Crippen LogP contribution in [0.5, 0.6) is 0 Å². The molecule has 98 valence electrons. The molecule has 0 aromatic carbocycles. The molecule has 0 saturated carbocycles. The molecular formula is C13H31N3. The topological polar surface area (TPSA) is 32.5 Å². The average molecular weight is 229 g/mol. The van der Waals surface area contributed by atoms with E-state index in [1.54, 1.807) is 0 Å². The van der Waals surface area contributed by atoms with Gasteiger partial charge in [-0.1, -0.05) is 20.3 Å². The van der Waals surface area contributed by atoms with Crippen molar-refractivity contribution in [2.45, 2.75) is 52.1 Å². The Balaban J connectivity index is 4.27. The van der Waals surface area contributed by atoms with Crippen LogP contribution in [0.4, 0.5) is 0 Å². The second-order valence-electron chi connectivity index (χ2n) is 5.58. The van der Waals surface area contributed by atoms with Crippen LogP contribution < -0.4 is 5.73 Å². The van der Waals surface area contributed by atoms with Crippen LogP contribution in [0.25, 0.3) is 0 Å². The molecule has 0 radical (unpaired) electrons. The summed E-state index contributed by atoms with van der Waals surface area (Å²) < 4.78 is 0. The van der Waals surface area contributed by atoms with Crippen molar-refractivity contribution in [2.75, 3.05) is 33.7 Å². The molecule has 0 bridgehead atoms. The smallest absolute Gasteiger partial charge is 0.0254 e. The lowest BCUT2D eigenvalue weighted by Crippen LogP contribution is -2.52. The van der Waals surface area contributed by atoms with E-state index >= 15 is 0 Å².